The summed E-state index contributed by atoms with van der Waals surface area (Å²) in [6.45, 7) is 6.98. The van der Waals surface area contributed by atoms with Crippen molar-refractivity contribution in [3.63, 3.8) is 0 Å². The second-order valence-electron chi connectivity index (χ2n) is 4.52. The Morgan fingerprint density at radius 2 is 2.31 bits per heavy atom. The van der Waals surface area contributed by atoms with E-state index in [0.717, 1.165) is 45.1 Å². The molecule has 3 N–H and O–H groups in total. The van der Waals surface area contributed by atoms with Gasteiger partial charge in [-0.3, -0.25) is 4.79 Å². The zero-order valence-corrected chi connectivity index (χ0v) is 10.3. The lowest BCUT2D eigenvalue weighted by atomic mass is 10.00. The van der Waals surface area contributed by atoms with Crippen molar-refractivity contribution in [1.82, 2.24) is 16.0 Å². The summed E-state index contributed by atoms with van der Waals surface area (Å²) in [4.78, 5) is 11.3. The van der Waals surface area contributed by atoms with E-state index in [1.54, 1.807) is 0 Å². The molecule has 1 rings (SSSR count). The summed E-state index contributed by atoms with van der Waals surface area (Å²) in [5.74, 6) is 0.906. The quantitative estimate of drug-likeness (QED) is 0.555. The van der Waals surface area contributed by atoms with E-state index in [4.69, 9.17) is 0 Å². The van der Waals surface area contributed by atoms with E-state index in [-0.39, 0.29) is 5.91 Å². The highest BCUT2D eigenvalue weighted by Gasteiger charge is 2.11. The molecular formula is C12H25N3O. The molecular weight excluding hydrogens is 202 g/mol. The van der Waals surface area contributed by atoms with E-state index < -0.39 is 0 Å². The highest BCUT2D eigenvalue weighted by Crippen LogP contribution is 2.07. The van der Waals surface area contributed by atoms with E-state index >= 15 is 0 Å². The van der Waals surface area contributed by atoms with Gasteiger partial charge in [-0.15, -0.1) is 0 Å². The van der Waals surface area contributed by atoms with Crippen LogP contribution in [0.5, 0.6) is 0 Å². The molecule has 1 amide bonds. The predicted octanol–water partition coefficient (Wildman–Crippen LogP) is 0.492. The zero-order chi connectivity index (χ0) is 11.6. The van der Waals surface area contributed by atoms with E-state index in [1.807, 2.05) is 0 Å². The fraction of sp³-hybridized carbons (Fsp3) is 0.917. The van der Waals surface area contributed by atoms with Crippen molar-refractivity contribution < 1.29 is 4.79 Å². The lowest BCUT2D eigenvalue weighted by Crippen LogP contribution is -2.37. The summed E-state index contributed by atoms with van der Waals surface area (Å²) in [6, 6.07) is 0. The van der Waals surface area contributed by atoms with Gasteiger partial charge in [0, 0.05) is 19.5 Å². The Balaban J connectivity index is 1.92. The topological polar surface area (TPSA) is 53.2 Å². The summed E-state index contributed by atoms with van der Waals surface area (Å²) in [7, 11) is 0. The molecule has 0 aromatic heterocycles. The largest absolute Gasteiger partial charge is 0.356 e. The Bertz CT molecular complexity index is 191. The maximum absolute atomic E-state index is 11.3. The number of hydrogen-bond donors (Lipinski definition) is 3. The monoisotopic (exact) mass is 227 g/mol. The van der Waals surface area contributed by atoms with Gasteiger partial charge in [-0.25, -0.2) is 0 Å². The smallest absolute Gasteiger partial charge is 0.221 e. The molecule has 0 aromatic rings. The maximum atomic E-state index is 11.3. The molecule has 4 nitrogen and oxygen atoms in total. The first-order chi connectivity index (χ1) is 7.83. The number of carbonyl (C=O) groups excluding carboxylic acids is 1. The van der Waals surface area contributed by atoms with E-state index in [1.165, 1.54) is 12.8 Å². The molecule has 1 atom stereocenters. The van der Waals surface area contributed by atoms with Crippen molar-refractivity contribution in [2.75, 3.05) is 32.7 Å². The Morgan fingerprint density at radius 1 is 1.44 bits per heavy atom. The first-order valence-corrected chi connectivity index (χ1v) is 6.51. The average molecular weight is 227 g/mol. The molecule has 0 spiro atoms. The minimum absolute atomic E-state index is 0.163. The summed E-state index contributed by atoms with van der Waals surface area (Å²) >= 11 is 0. The molecule has 1 saturated heterocycles. The molecule has 0 bridgehead atoms. The van der Waals surface area contributed by atoms with Crippen molar-refractivity contribution in [1.29, 1.82) is 0 Å². The molecule has 4 heteroatoms. The van der Waals surface area contributed by atoms with Crippen LogP contribution in [0.25, 0.3) is 0 Å². The first-order valence-electron chi connectivity index (χ1n) is 6.51. The average Bonchev–Trinajstić information content (AvgIpc) is 2.33. The lowest BCUT2D eigenvalue weighted by molar-refractivity contribution is -0.120. The lowest BCUT2D eigenvalue weighted by Gasteiger charge is -2.22. The molecule has 0 radical (unpaired) electrons. The molecule has 1 heterocycles. The van der Waals surface area contributed by atoms with Crippen molar-refractivity contribution in [3.8, 4) is 0 Å². The molecule has 16 heavy (non-hydrogen) atoms. The number of nitrogens with one attached hydrogen (secondary N) is 3. The Hall–Kier alpha value is -0.610. The van der Waals surface area contributed by atoms with Crippen LogP contribution >= 0.6 is 0 Å². The van der Waals surface area contributed by atoms with Crippen molar-refractivity contribution >= 4 is 5.91 Å². The number of carbonyl (C=O) groups is 1. The number of hydrogen-bond acceptors (Lipinski definition) is 3. The second-order valence-corrected chi connectivity index (χ2v) is 4.52. The Labute approximate surface area is 98.6 Å². The van der Waals surface area contributed by atoms with Crippen LogP contribution in [0.2, 0.25) is 0 Å². The van der Waals surface area contributed by atoms with Crippen LogP contribution in [0.4, 0.5) is 0 Å². The number of rotatable bonds is 7. The van der Waals surface area contributed by atoms with E-state index in [0.29, 0.717) is 6.42 Å². The standard InChI is InChI=1S/C12H25N3O/c1-2-6-15-12(16)5-8-14-10-11-4-3-7-13-9-11/h11,13-14H,2-10H2,1H3,(H,15,16). The van der Waals surface area contributed by atoms with Crippen molar-refractivity contribution in [2.24, 2.45) is 5.92 Å². The highest BCUT2D eigenvalue weighted by atomic mass is 16.1. The van der Waals surface area contributed by atoms with E-state index in [2.05, 4.69) is 22.9 Å². The van der Waals surface area contributed by atoms with Gasteiger partial charge in [-0.2, -0.15) is 0 Å². The van der Waals surface area contributed by atoms with Crippen LogP contribution < -0.4 is 16.0 Å². The first kappa shape index (κ1) is 13.5. The summed E-state index contributed by atoms with van der Waals surface area (Å²) < 4.78 is 0. The number of piperidine rings is 1. The van der Waals surface area contributed by atoms with Gasteiger partial charge >= 0.3 is 0 Å². The fourth-order valence-corrected chi connectivity index (χ4v) is 1.96. The van der Waals surface area contributed by atoms with E-state index in [9.17, 15) is 4.79 Å². The van der Waals surface area contributed by atoms with Gasteiger partial charge in [0.05, 0.1) is 0 Å². The van der Waals surface area contributed by atoms with Crippen LogP contribution in [0.15, 0.2) is 0 Å². The SMILES string of the molecule is CCCNC(=O)CCNCC1CCCNC1. The van der Waals surface area contributed by atoms with Crippen molar-refractivity contribution in [3.05, 3.63) is 0 Å². The normalized spacial score (nSPS) is 20.7. The second kappa shape index (κ2) is 8.53. The van der Waals surface area contributed by atoms with Crippen molar-refractivity contribution in [2.45, 2.75) is 32.6 Å². The fourth-order valence-electron chi connectivity index (χ4n) is 1.96. The molecule has 1 unspecified atom stereocenters. The molecule has 0 saturated carbocycles. The molecule has 1 fully saturated rings. The zero-order valence-electron chi connectivity index (χ0n) is 10.3. The van der Waals surface area contributed by atoms with Gasteiger partial charge in [0.1, 0.15) is 0 Å². The molecule has 94 valence electrons. The third kappa shape index (κ3) is 6.08. The minimum Gasteiger partial charge on any atom is -0.356 e. The minimum atomic E-state index is 0.163. The van der Waals surface area contributed by atoms with Gasteiger partial charge in [0.2, 0.25) is 5.91 Å². The van der Waals surface area contributed by atoms with Crippen LogP contribution in [0.3, 0.4) is 0 Å². The third-order valence-corrected chi connectivity index (χ3v) is 2.93. The van der Waals surface area contributed by atoms with Gasteiger partial charge in [0.15, 0.2) is 0 Å². The van der Waals surface area contributed by atoms with Crippen LogP contribution in [-0.2, 0) is 4.79 Å². The van der Waals surface area contributed by atoms with Gasteiger partial charge < -0.3 is 16.0 Å². The Kier molecular flexibility index (Phi) is 7.17. The summed E-state index contributed by atoms with van der Waals surface area (Å²) in [5.41, 5.74) is 0. The number of amides is 1. The van der Waals surface area contributed by atoms with Crippen LogP contribution in [0.1, 0.15) is 32.6 Å². The van der Waals surface area contributed by atoms with Gasteiger partial charge in [-0.05, 0) is 44.8 Å². The molecule has 0 aromatic carbocycles. The third-order valence-electron chi connectivity index (χ3n) is 2.93. The Morgan fingerprint density at radius 3 is 3.00 bits per heavy atom. The summed E-state index contributed by atoms with van der Waals surface area (Å²) in [5, 5.41) is 9.63. The van der Waals surface area contributed by atoms with Crippen LogP contribution in [0, 0.1) is 5.92 Å². The highest BCUT2D eigenvalue weighted by molar-refractivity contribution is 5.75. The summed E-state index contributed by atoms with van der Waals surface area (Å²) in [6.07, 6.45) is 4.19. The molecule has 1 aliphatic heterocycles. The van der Waals surface area contributed by atoms with Crippen LogP contribution in [-0.4, -0.2) is 38.6 Å². The van der Waals surface area contributed by atoms with Gasteiger partial charge in [0.25, 0.3) is 0 Å². The van der Waals surface area contributed by atoms with Gasteiger partial charge in [-0.1, -0.05) is 6.92 Å². The predicted molar refractivity (Wildman–Crippen MR) is 66.4 cm³/mol. The molecule has 0 aliphatic carbocycles. The maximum Gasteiger partial charge on any atom is 0.221 e. The molecule has 1 aliphatic rings.